The number of ether oxygens (including phenoxy) is 2. The maximum absolute atomic E-state index is 12.9. The van der Waals surface area contributed by atoms with Gasteiger partial charge >= 0.3 is 5.97 Å². The monoisotopic (exact) mass is 491 g/mol. The van der Waals surface area contributed by atoms with Gasteiger partial charge in [0.15, 0.2) is 17.3 Å². The number of hydrogen-bond donors (Lipinski definition) is 1. The van der Waals surface area contributed by atoms with Gasteiger partial charge in [0, 0.05) is 12.0 Å². The van der Waals surface area contributed by atoms with Crippen LogP contribution in [-0.4, -0.2) is 18.9 Å². The number of benzene rings is 1. The Kier molecular flexibility index (Phi) is 10.5. The topological polar surface area (TPSA) is 78.6 Å². The number of ketones is 1. The highest BCUT2D eigenvalue weighted by Gasteiger charge is 2.26. The maximum atomic E-state index is 12.9. The molecule has 1 aromatic rings. The second-order valence-corrected chi connectivity index (χ2v) is 10.1. The van der Waals surface area contributed by atoms with Crippen molar-refractivity contribution in [2.24, 2.45) is 5.41 Å². The largest absolute Gasteiger partial charge is 0.491 e. The molecule has 5 nitrogen and oxygen atoms in total. The Morgan fingerprint density at radius 3 is 2.50 bits per heavy atom. The van der Waals surface area contributed by atoms with Crippen molar-refractivity contribution in [3.05, 3.63) is 76.4 Å². The van der Waals surface area contributed by atoms with E-state index >= 15 is 0 Å². The molecule has 0 radical (unpaired) electrons. The van der Waals surface area contributed by atoms with Gasteiger partial charge in [-0.25, -0.2) is 0 Å². The quantitative estimate of drug-likeness (QED) is 0.0906. The minimum Gasteiger partial charge on any atom is -0.491 e. The summed E-state index contributed by atoms with van der Waals surface area (Å²) in [6.07, 6.45) is 16.4. The van der Waals surface area contributed by atoms with Crippen molar-refractivity contribution in [2.75, 3.05) is 12.8 Å². The zero-order valence-corrected chi connectivity index (χ0v) is 22.9. The minimum atomic E-state index is -0.399. The molecule has 36 heavy (non-hydrogen) atoms. The molecular formula is C31H41NO4. The van der Waals surface area contributed by atoms with Gasteiger partial charge in [-0.2, -0.15) is 0 Å². The molecule has 2 rings (SSSR count). The summed E-state index contributed by atoms with van der Waals surface area (Å²) < 4.78 is 10.6. The third kappa shape index (κ3) is 8.11. The number of carbonyl (C=O) groups excluding carboxylic acids is 2. The van der Waals surface area contributed by atoms with Gasteiger partial charge in [-0.05, 0) is 81.2 Å². The van der Waals surface area contributed by atoms with Crippen molar-refractivity contribution in [3.8, 4) is 11.5 Å². The van der Waals surface area contributed by atoms with E-state index in [-0.39, 0.29) is 34.8 Å². The smallest absolute Gasteiger partial charge is 0.311 e. The molecule has 0 unspecified atom stereocenters. The molecule has 0 amide bonds. The SMILES string of the molecule is CCCC(=O)Oc1cc(C(=O)C=C(C)C=CC=C(C)C=CC2=C(C)CCCC2(C)C)cc(N)c1OC. The molecule has 0 spiro atoms. The number of nitrogen functional groups attached to an aromatic ring is 1. The van der Waals surface area contributed by atoms with E-state index in [0.29, 0.717) is 12.0 Å². The summed E-state index contributed by atoms with van der Waals surface area (Å²) in [5.74, 6) is -0.239. The first kappa shape index (κ1) is 28.9. The Morgan fingerprint density at radius 1 is 1.14 bits per heavy atom. The lowest BCUT2D eigenvalue weighted by molar-refractivity contribution is -0.134. The first-order valence-electron chi connectivity index (χ1n) is 12.6. The fraction of sp³-hybridized carbons (Fsp3) is 0.419. The van der Waals surface area contributed by atoms with Crippen LogP contribution in [0.5, 0.6) is 11.5 Å². The first-order chi connectivity index (χ1) is 17.0. The molecule has 1 aliphatic carbocycles. The Hall–Kier alpha value is -3.34. The van der Waals surface area contributed by atoms with Crippen LogP contribution >= 0.6 is 0 Å². The van der Waals surface area contributed by atoms with E-state index in [1.54, 1.807) is 0 Å². The molecule has 0 fully saturated rings. The highest BCUT2D eigenvalue weighted by Crippen LogP contribution is 2.41. The Morgan fingerprint density at radius 2 is 1.86 bits per heavy atom. The van der Waals surface area contributed by atoms with Crippen molar-refractivity contribution in [1.29, 1.82) is 0 Å². The van der Waals surface area contributed by atoms with E-state index in [9.17, 15) is 9.59 Å². The second kappa shape index (κ2) is 13.1. The summed E-state index contributed by atoms with van der Waals surface area (Å²) in [4.78, 5) is 24.8. The number of hydrogen-bond acceptors (Lipinski definition) is 5. The summed E-state index contributed by atoms with van der Waals surface area (Å²) in [6, 6.07) is 3.03. The molecule has 0 aliphatic heterocycles. The lowest BCUT2D eigenvalue weighted by Gasteiger charge is -2.32. The molecule has 1 aliphatic rings. The molecule has 0 saturated heterocycles. The number of esters is 1. The van der Waals surface area contributed by atoms with Crippen LogP contribution in [0.25, 0.3) is 0 Å². The summed E-state index contributed by atoms with van der Waals surface area (Å²) in [5, 5.41) is 0. The number of allylic oxidation sites excluding steroid dienone is 10. The minimum absolute atomic E-state index is 0.151. The molecule has 0 bridgehead atoms. The third-order valence-corrected chi connectivity index (χ3v) is 6.38. The van der Waals surface area contributed by atoms with E-state index in [4.69, 9.17) is 15.2 Å². The molecule has 0 atom stereocenters. The maximum Gasteiger partial charge on any atom is 0.311 e. The Labute approximate surface area is 216 Å². The van der Waals surface area contributed by atoms with Gasteiger partial charge in [-0.3, -0.25) is 9.59 Å². The van der Waals surface area contributed by atoms with E-state index in [0.717, 1.165) is 11.1 Å². The van der Waals surface area contributed by atoms with Gasteiger partial charge in [-0.15, -0.1) is 0 Å². The van der Waals surface area contributed by atoms with Crippen LogP contribution < -0.4 is 15.2 Å². The predicted octanol–water partition coefficient (Wildman–Crippen LogP) is 7.70. The Bertz CT molecular complexity index is 1130. The van der Waals surface area contributed by atoms with Crippen molar-refractivity contribution in [3.63, 3.8) is 0 Å². The van der Waals surface area contributed by atoms with Gasteiger partial charge in [-0.1, -0.05) is 62.3 Å². The zero-order chi connectivity index (χ0) is 26.9. The van der Waals surface area contributed by atoms with Crippen molar-refractivity contribution in [2.45, 2.75) is 73.6 Å². The van der Waals surface area contributed by atoms with Crippen LogP contribution in [0, 0.1) is 5.41 Å². The standard InChI is InChI=1S/C31H41NO4/c1-8-11-29(34)36-28-20-24(19-26(32)30(28)35-7)27(33)18-22(3)13-9-12-21(2)15-16-25-23(4)14-10-17-31(25,5)6/h9,12-13,15-16,18-20H,8,10-11,14,17,32H2,1-7H3. The van der Waals surface area contributed by atoms with E-state index < -0.39 is 5.97 Å². The third-order valence-electron chi connectivity index (χ3n) is 6.38. The highest BCUT2D eigenvalue weighted by molar-refractivity contribution is 6.06. The fourth-order valence-corrected chi connectivity index (χ4v) is 4.41. The highest BCUT2D eigenvalue weighted by atomic mass is 16.6. The van der Waals surface area contributed by atoms with Gasteiger partial charge in [0.2, 0.25) is 0 Å². The van der Waals surface area contributed by atoms with Crippen LogP contribution in [0.4, 0.5) is 5.69 Å². The van der Waals surface area contributed by atoms with Gasteiger partial charge in [0.1, 0.15) is 0 Å². The average molecular weight is 492 g/mol. The number of nitrogens with two attached hydrogens (primary N) is 1. The fourth-order valence-electron chi connectivity index (χ4n) is 4.41. The van der Waals surface area contributed by atoms with Crippen LogP contribution in [0.3, 0.4) is 0 Å². The molecule has 1 aromatic carbocycles. The number of rotatable bonds is 10. The molecule has 0 aromatic heterocycles. The average Bonchev–Trinajstić information content (AvgIpc) is 2.78. The molecule has 0 saturated carbocycles. The zero-order valence-electron chi connectivity index (χ0n) is 22.9. The lowest BCUT2D eigenvalue weighted by atomic mass is 9.72. The molecule has 5 heteroatoms. The van der Waals surface area contributed by atoms with E-state index in [1.165, 1.54) is 55.7 Å². The van der Waals surface area contributed by atoms with Crippen LogP contribution in [-0.2, 0) is 4.79 Å². The number of methoxy groups -OCH3 is 1. The van der Waals surface area contributed by atoms with Gasteiger partial charge in [0.25, 0.3) is 0 Å². The lowest BCUT2D eigenvalue weighted by Crippen LogP contribution is -2.19. The number of anilines is 1. The van der Waals surface area contributed by atoms with Crippen LogP contribution in [0.1, 0.15) is 84.0 Å². The predicted molar refractivity (Wildman–Crippen MR) is 148 cm³/mol. The molecule has 194 valence electrons. The van der Waals surface area contributed by atoms with Gasteiger partial charge < -0.3 is 15.2 Å². The number of carbonyl (C=O) groups is 2. The summed E-state index contributed by atoms with van der Waals surface area (Å²) >= 11 is 0. The molecule has 0 heterocycles. The van der Waals surface area contributed by atoms with Crippen molar-refractivity contribution < 1.29 is 19.1 Å². The molecular weight excluding hydrogens is 450 g/mol. The van der Waals surface area contributed by atoms with Gasteiger partial charge in [0.05, 0.1) is 12.8 Å². The summed E-state index contributed by atoms with van der Waals surface area (Å²) in [6.45, 7) is 12.7. The normalized spacial score (nSPS) is 16.6. The van der Waals surface area contributed by atoms with Crippen molar-refractivity contribution in [1.82, 2.24) is 0 Å². The van der Waals surface area contributed by atoms with Crippen LogP contribution in [0.15, 0.2) is 70.9 Å². The van der Waals surface area contributed by atoms with Crippen LogP contribution in [0.2, 0.25) is 0 Å². The Balaban J connectivity index is 2.15. The second-order valence-electron chi connectivity index (χ2n) is 10.1. The van der Waals surface area contributed by atoms with Crippen molar-refractivity contribution >= 4 is 17.4 Å². The first-order valence-corrected chi connectivity index (χ1v) is 12.6. The summed E-state index contributed by atoms with van der Waals surface area (Å²) in [7, 11) is 1.44. The van der Waals surface area contributed by atoms with E-state index in [2.05, 4.69) is 39.8 Å². The molecule has 2 N–H and O–H groups in total. The summed E-state index contributed by atoms with van der Waals surface area (Å²) in [5.41, 5.74) is 11.7. The van der Waals surface area contributed by atoms with E-state index in [1.807, 2.05) is 32.1 Å².